The summed E-state index contributed by atoms with van der Waals surface area (Å²) in [6.07, 6.45) is 6.43. The number of amides is 2. The summed E-state index contributed by atoms with van der Waals surface area (Å²) in [6.45, 7) is 1.13. The van der Waals surface area contributed by atoms with Crippen LogP contribution in [0.5, 0.6) is 0 Å². The summed E-state index contributed by atoms with van der Waals surface area (Å²) in [5.74, 6) is -0.0834. The van der Waals surface area contributed by atoms with Gasteiger partial charge in [-0.05, 0) is 74.9 Å². The monoisotopic (exact) mass is 476 g/mol. The lowest BCUT2D eigenvalue weighted by Gasteiger charge is -2.31. The van der Waals surface area contributed by atoms with Gasteiger partial charge >= 0.3 is 0 Å². The molecule has 1 N–H and O–H groups in total. The summed E-state index contributed by atoms with van der Waals surface area (Å²) >= 11 is 6.09. The lowest BCUT2D eigenvalue weighted by molar-refractivity contribution is -0.121. The molecule has 176 valence electrons. The number of benzene rings is 2. The van der Waals surface area contributed by atoms with Gasteiger partial charge in [0.1, 0.15) is 0 Å². The second-order valence-electron chi connectivity index (χ2n) is 9.14. The van der Waals surface area contributed by atoms with Gasteiger partial charge in [-0.1, -0.05) is 36.2 Å². The highest BCUT2D eigenvalue weighted by Gasteiger charge is 2.32. The molecule has 0 unspecified atom stereocenters. The minimum Gasteiger partial charge on any atom is -0.337 e. The van der Waals surface area contributed by atoms with Crippen molar-refractivity contribution in [3.63, 3.8) is 0 Å². The molecular weight excluding hydrogens is 448 g/mol. The van der Waals surface area contributed by atoms with Crippen LogP contribution in [0.2, 0.25) is 5.02 Å². The van der Waals surface area contributed by atoms with E-state index in [2.05, 4.69) is 5.32 Å². The molecule has 2 aromatic carbocycles. The number of anilines is 1. The number of nitrogens with zero attached hydrogens (tertiary/aromatic N) is 3. The first-order chi connectivity index (χ1) is 16.6. The Hall–Kier alpha value is -3.12. The first-order valence-corrected chi connectivity index (χ1v) is 12.5. The second kappa shape index (κ2) is 10.0. The maximum absolute atomic E-state index is 13.6. The highest BCUT2D eigenvalue weighted by atomic mass is 35.5. The normalized spacial score (nSPS) is 16.6. The van der Waals surface area contributed by atoms with Crippen LogP contribution in [0.15, 0.2) is 54.6 Å². The summed E-state index contributed by atoms with van der Waals surface area (Å²) < 4.78 is 1.93. The fraction of sp³-hybridized carbons (Fsp3) is 0.370. The van der Waals surface area contributed by atoms with E-state index < -0.39 is 0 Å². The van der Waals surface area contributed by atoms with Gasteiger partial charge in [-0.2, -0.15) is 5.10 Å². The summed E-state index contributed by atoms with van der Waals surface area (Å²) in [6, 6.07) is 17.1. The number of hydrogen-bond donors (Lipinski definition) is 1. The number of halogens is 1. The molecule has 1 aliphatic carbocycles. The van der Waals surface area contributed by atoms with Crippen molar-refractivity contribution in [2.24, 2.45) is 5.92 Å². The molecule has 3 aromatic rings. The number of aromatic nitrogens is 2. The third-order valence-electron chi connectivity index (χ3n) is 6.90. The van der Waals surface area contributed by atoms with Crippen LogP contribution < -0.4 is 5.32 Å². The van der Waals surface area contributed by atoms with Crippen molar-refractivity contribution in [2.45, 2.75) is 44.9 Å². The van der Waals surface area contributed by atoms with E-state index in [4.69, 9.17) is 16.7 Å². The third kappa shape index (κ3) is 4.73. The fourth-order valence-electron chi connectivity index (χ4n) is 5.00. The van der Waals surface area contributed by atoms with Gasteiger partial charge in [-0.25, -0.2) is 4.68 Å². The van der Waals surface area contributed by atoms with Crippen molar-refractivity contribution >= 4 is 29.1 Å². The van der Waals surface area contributed by atoms with Crippen molar-refractivity contribution in [1.82, 2.24) is 14.7 Å². The fourth-order valence-corrected chi connectivity index (χ4v) is 5.13. The molecule has 5 rings (SSSR count). The highest BCUT2D eigenvalue weighted by molar-refractivity contribution is 6.30. The lowest BCUT2D eigenvalue weighted by atomic mass is 9.95. The summed E-state index contributed by atoms with van der Waals surface area (Å²) in [7, 11) is 0. The van der Waals surface area contributed by atoms with E-state index in [-0.39, 0.29) is 17.7 Å². The van der Waals surface area contributed by atoms with Crippen LogP contribution >= 0.6 is 11.6 Å². The molecule has 2 amide bonds. The molecule has 0 saturated carbocycles. The number of carbonyl (C=O) groups excluding carboxylic acids is 2. The van der Waals surface area contributed by atoms with Gasteiger partial charge in [0.05, 0.1) is 5.69 Å². The van der Waals surface area contributed by atoms with E-state index in [9.17, 15) is 9.59 Å². The van der Waals surface area contributed by atoms with Crippen LogP contribution in [0.1, 0.15) is 53.8 Å². The first kappa shape index (κ1) is 22.7. The number of nitrogens with one attached hydrogen (secondary N) is 1. The topological polar surface area (TPSA) is 67.2 Å². The van der Waals surface area contributed by atoms with Crippen LogP contribution in [-0.2, 0) is 17.6 Å². The molecular formula is C27H29ClN4O2. The molecule has 34 heavy (non-hydrogen) atoms. The number of hydrogen-bond acceptors (Lipinski definition) is 3. The molecule has 7 heteroatoms. The zero-order valence-corrected chi connectivity index (χ0v) is 19.9. The second-order valence-corrected chi connectivity index (χ2v) is 9.58. The molecule has 0 radical (unpaired) electrons. The molecule has 1 aromatic heterocycles. The minimum atomic E-state index is -0.0898. The predicted molar refractivity (Wildman–Crippen MR) is 134 cm³/mol. The third-order valence-corrected chi connectivity index (χ3v) is 7.15. The standard InChI is InChI=1S/C27H29ClN4O2/c28-20-11-13-22(14-12-20)32-24-10-6-2-5-9-23(24)25(30-32)27(34)31-17-15-19(16-18-31)26(33)29-21-7-3-1-4-8-21/h1,3-4,7-8,11-14,19H,2,5-6,9-10,15-18H2,(H,29,33). The number of para-hydroxylation sites is 1. The van der Waals surface area contributed by atoms with E-state index in [1.54, 1.807) is 0 Å². The van der Waals surface area contributed by atoms with Gasteiger partial charge in [-0.15, -0.1) is 0 Å². The zero-order valence-electron chi connectivity index (χ0n) is 19.2. The van der Waals surface area contributed by atoms with Gasteiger partial charge < -0.3 is 10.2 Å². The number of carbonyl (C=O) groups is 2. The van der Waals surface area contributed by atoms with Gasteiger partial charge in [0.2, 0.25) is 5.91 Å². The van der Waals surface area contributed by atoms with Crippen LogP contribution in [0, 0.1) is 5.92 Å². The molecule has 1 fully saturated rings. The molecule has 2 heterocycles. The van der Waals surface area contributed by atoms with Gasteiger partial charge in [0, 0.05) is 41.0 Å². The summed E-state index contributed by atoms with van der Waals surface area (Å²) in [4.78, 5) is 28.1. The lowest BCUT2D eigenvalue weighted by Crippen LogP contribution is -2.41. The Balaban J connectivity index is 1.32. The van der Waals surface area contributed by atoms with Crippen molar-refractivity contribution in [3.05, 3.63) is 76.6 Å². The predicted octanol–water partition coefficient (Wildman–Crippen LogP) is 5.29. The minimum absolute atomic E-state index is 0.0206. The van der Waals surface area contributed by atoms with E-state index in [0.29, 0.717) is 36.6 Å². The molecule has 0 atom stereocenters. The maximum Gasteiger partial charge on any atom is 0.274 e. The Morgan fingerprint density at radius 2 is 1.62 bits per heavy atom. The quantitative estimate of drug-likeness (QED) is 0.520. The zero-order chi connectivity index (χ0) is 23.5. The van der Waals surface area contributed by atoms with Crippen LogP contribution in [0.3, 0.4) is 0 Å². The van der Waals surface area contributed by atoms with Crippen molar-refractivity contribution in [3.8, 4) is 5.69 Å². The average molecular weight is 477 g/mol. The number of fused-ring (bicyclic) bond motifs is 1. The van der Waals surface area contributed by atoms with Crippen LogP contribution in [0.25, 0.3) is 5.69 Å². The largest absolute Gasteiger partial charge is 0.337 e. The van der Waals surface area contributed by atoms with E-state index >= 15 is 0 Å². The molecule has 0 bridgehead atoms. The highest BCUT2D eigenvalue weighted by Crippen LogP contribution is 2.29. The summed E-state index contributed by atoms with van der Waals surface area (Å²) in [5, 5.41) is 8.49. The average Bonchev–Trinajstić information content (AvgIpc) is 3.05. The Labute approximate surface area is 204 Å². The van der Waals surface area contributed by atoms with Crippen molar-refractivity contribution in [2.75, 3.05) is 18.4 Å². The van der Waals surface area contributed by atoms with E-state index in [1.165, 1.54) is 0 Å². The Kier molecular flexibility index (Phi) is 6.68. The summed E-state index contributed by atoms with van der Waals surface area (Å²) in [5.41, 5.74) is 4.53. The van der Waals surface area contributed by atoms with E-state index in [1.807, 2.05) is 64.2 Å². The van der Waals surface area contributed by atoms with E-state index in [0.717, 1.165) is 54.7 Å². The Bertz CT molecular complexity index is 1170. The van der Waals surface area contributed by atoms with Gasteiger partial charge in [0.15, 0.2) is 5.69 Å². The Morgan fingerprint density at radius 3 is 2.35 bits per heavy atom. The maximum atomic E-state index is 13.6. The molecule has 2 aliphatic rings. The Morgan fingerprint density at radius 1 is 0.912 bits per heavy atom. The van der Waals surface area contributed by atoms with Gasteiger partial charge in [-0.3, -0.25) is 9.59 Å². The van der Waals surface area contributed by atoms with Crippen LogP contribution in [-0.4, -0.2) is 39.6 Å². The van der Waals surface area contributed by atoms with Crippen molar-refractivity contribution < 1.29 is 9.59 Å². The van der Waals surface area contributed by atoms with Crippen LogP contribution in [0.4, 0.5) is 5.69 Å². The number of rotatable bonds is 4. The molecule has 1 aliphatic heterocycles. The number of likely N-dealkylation sites (tertiary alicyclic amines) is 1. The molecule has 6 nitrogen and oxygen atoms in total. The van der Waals surface area contributed by atoms with Gasteiger partial charge in [0.25, 0.3) is 5.91 Å². The number of piperidine rings is 1. The first-order valence-electron chi connectivity index (χ1n) is 12.1. The molecule has 0 spiro atoms. The SMILES string of the molecule is O=C(Nc1ccccc1)C1CCN(C(=O)c2nn(-c3ccc(Cl)cc3)c3c2CCCCC3)CC1. The smallest absolute Gasteiger partial charge is 0.274 e. The molecule has 1 saturated heterocycles. The van der Waals surface area contributed by atoms with Crippen molar-refractivity contribution in [1.29, 1.82) is 0 Å².